The second-order valence-corrected chi connectivity index (χ2v) is 4.78. The van der Waals surface area contributed by atoms with Crippen LogP contribution in [0.15, 0.2) is 36.4 Å². The van der Waals surface area contributed by atoms with Gasteiger partial charge in [-0.05, 0) is 24.6 Å². The van der Waals surface area contributed by atoms with Crippen molar-refractivity contribution in [2.75, 3.05) is 5.32 Å². The van der Waals surface area contributed by atoms with Gasteiger partial charge in [0.1, 0.15) is 0 Å². The highest BCUT2D eigenvalue weighted by Crippen LogP contribution is 2.35. The molecule has 2 rings (SSSR count). The van der Waals surface area contributed by atoms with Gasteiger partial charge in [-0.1, -0.05) is 47.5 Å². The number of para-hydroxylation sites is 1. The van der Waals surface area contributed by atoms with Gasteiger partial charge in [0.05, 0.1) is 22.3 Å². The summed E-state index contributed by atoms with van der Waals surface area (Å²) in [7, 11) is 0. The number of aliphatic hydroxyl groups excluding tert-OH is 1. The third-order valence-electron chi connectivity index (χ3n) is 2.73. The second kappa shape index (κ2) is 5.61. The van der Waals surface area contributed by atoms with Gasteiger partial charge in [0.25, 0.3) is 0 Å². The molecule has 0 aliphatic heterocycles. The Kier molecular flexibility index (Phi) is 4.12. The maximum atomic E-state index is 9.28. The highest BCUT2D eigenvalue weighted by Gasteiger charge is 2.10. The van der Waals surface area contributed by atoms with Crippen LogP contribution in [0.3, 0.4) is 0 Å². The van der Waals surface area contributed by atoms with Crippen molar-refractivity contribution in [3.05, 3.63) is 57.6 Å². The van der Waals surface area contributed by atoms with E-state index in [1.54, 1.807) is 6.07 Å². The van der Waals surface area contributed by atoms with Crippen molar-refractivity contribution in [1.29, 1.82) is 0 Å². The third kappa shape index (κ3) is 2.61. The molecule has 0 aliphatic rings. The van der Waals surface area contributed by atoms with Crippen molar-refractivity contribution >= 4 is 34.6 Å². The molecular weight excluding hydrogens is 269 g/mol. The molecule has 2 N–H and O–H groups in total. The van der Waals surface area contributed by atoms with E-state index >= 15 is 0 Å². The van der Waals surface area contributed by atoms with Crippen molar-refractivity contribution in [2.24, 2.45) is 0 Å². The SMILES string of the molecule is Cc1ccc(Cl)c(Nc2ccccc2CO)c1Cl. The Morgan fingerprint density at radius 1 is 1.11 bits per heavy atom. The fourth-order valence-electron chi connectivity index (χ4n) is 1.69. The van der Waals surface area contributed by atoms with Crippen LogP contribution in [-0.4, -0.2) is 5.11 Å². The zero-order valence-electron chi connectivity index (χ0n) is 9.87. The van der Waals surface area contributed by atoms with Crippen LogP contribution in [0.2, 0.25) is 10.0 Å². The number of hydrogen-bond donors (Lipinski definition) is 2. The normalized spacial score (nSPS) is 10.4. The first-order valence-corrected chi connectivity index (χ1v) is 6.29. The molecule has 0 amide bonds. The first-order valence-electron chi connectivity index (χ1n) is 5.54. The average molecular weight is 282 g/mol. The molecule has 2 aromatic rings. The van der Waals surface area contributed by atoms with Gasteiger partial charge in [0, 0.05) is 11.3 Å². The molecule has 4 heteroatoms. The Labute approximate surface area is 116 Å². The molecule has 0 aromatic heterocycles. The minimum atomic E-state index is -0.0375. The lowest BCUT2D eigenvalue weighted by atomic mass is 10.1. The monoisotopic (exact) mass is 281 g/mol. The predicted octanol–water partition coefficient (Wildman–Crippen LogP) is 4.54. The highest BCUT2D eigenvalue weighted by molar-refractivity contribution is 6.39. The van der Waals surface area contributed by atoms with E-state index in [1.807, 2.05) is 37.3 Å². The van der Waals surface area contributed by atoms with E-state index in [4.69, 9.17) is 23.2 Å². The molecule has 0 spiro atoms. The van der Waals surface area contributed by atoms with Gasteiger partial charge in [-0.15, -0.1) is 0 Å². The summed E-state index contributed by atoms with van der Waals surface area (Å²) >= 11 is 12.4. The maximum Gasteiger partial charge on any atom is 0.0765 e. The molecule has 0 heterocycles. The first-order chi connectivity index (χ1) is 8.63. The zero-order valence-corrected chi connectivity index (χ0v) is 11.4. The van der Waals surface area contributed by atoms with Gasteiger partial charge in [0.2, 0.25) is 0 Å². The summed E-state index contributed by atoms with van der Waals surface area (Å²) in [6.45, 7) is 1.88. The van der Waals surface area contributed by atoms with Crippen LogP contribution >= 0.6 is 23.2 Å². The summed E-state index contributed by atoms with van der Waals surface area (Å²) < 4.78 is 0. The molecule has 0 radical (unpaired) electrons. The van der Waals surface area contributed by atoms with E-state index in [0.29, 0.717) is 15.7 Å². The molecule has 2 aromatic carbocycles. The second-order valence-electron chi connectivity index (χ2n) is 3.99. The topological polar surface area (TPSA) is 32.3 Å². The number of aryl methyl sites for hydroxylation is 1. The van der Waals surface area contributed by atoms with E-state index in [1.165, 1.54) is 0 Å². The summed E-state index contributed by atoms with van der Waals surface area (Å²) in [5, 5.41) is 13.6. The van der Waals surface area contributed by atoms with Gasteiger partial charge in [-0.25, -0.2) is 0 Å². The molecule has 0 unspecified atom stereocenters. The molecule has 0 bridgehead atoms. The Bertz CT molecular complexity index is 570. The summed E-state index contributed by atoms with van der Waals surface area (Å²) in [6.07, 6.45) is 0. The average Bonchev–Trinajstić information content (AvgIpc) is 2.39. The Hall–Kier alpha value is -1.22. The van der Waals surface area contributed by atoms with Gasteiger partial charge >= 0.3 is 0 Å². The molecular formula is C14H13Cl2NO. The number of hydrogen-bond acceptors (Lipinski definition) is 2. The summed E-state index contributed by atoms with van der Waals surface area (Å²) in [5.74, 6) is 0. The van der Waals surface area contributed by atoms with Crippen LogP contribution in [-0.2, 0) is 6.61 Å². The van der Waals surface area contributed by atoms with E-state index in [2.05, 4.69) is 5.32 Å². The Morgan fingerprint density at radius 3 is 2.56 bits per heavy atom. The van der Waals surface area contributed by atoms with Crippen LogP contribution < -0.4 is 5.32 Å². The molecule has 0 saturated heterocycles. The van der Waals surface area contributed by atoms with E-state index in [-0.39, 0.29) is 6.61 Å². The fraction of sp³-hybridized carbons (Fsp3) is 0.143. The molecule has 0 fully saturated rings. The molecule has 0 saturated carbocycles. The predicted molar refractivity (Wildman–Crippen MR) is 76.8 cm³/mol. The molecule has 94 valence electrons. The molecule has 0 aliphatic carbocycles. The number of nitrogens with one attached hydrogen (secondary N) is 1. The summed E-state index contributed by atoms with van der Waals surface area (Å²) in [4.78, 5) is 0. The summed E-state index contributed by atoms with van der Waals surface area (Å²) in [5.41, 5.74) is 3.21. The minimum absolute atomic E-state index is 0.0375. The number of benzene rings is 2. The minimum Gasteiger partial charge on any atom is -0.392 e. The summed E-state index contributed by atoms with van der Waals surface area (Å²) in [6, 6.07) is 11.1. The Balaban J connectivity index is 2.43. The lowest BCUT2D eigenvalue weighted by molar-refractivity contribution is 0.282. The van der Waals surface area contributed by atoms with Crippen LogP contribution in [0.4, 0.5) is 11.4 Å². The number of halogens is 2. The standard InChI is InChI=1S/C14H13Cl2NO/c1-9-6-7-11(15)14(13(9)16)17-12-5-3-2-4-10(12)8-18/h2-7,17-18H,8H2,1H3. The maximum absolute atomic E-state index is 9.28. The lowest BCUT2D eigenvalue weighted by Crippen LogP contribution is -1.98. The van der Waals surface area contributed by atoms with Gasteiger partial charge in [-0.2, -0.15) is 0 Å². The van der Waals surface area contributed by atoms with Crippen LogP contribution in [0.1, 0.15) is 11.1 Å². The van der Waals surface area contributed by atoms with Crippen LogP contribution in [0, 0.1) is 6.92 Å². The Morgan fingerprint density at radius 2 is 1.83 bits per heavy atom. The van der Waals surface area contributed by atoms with Crippen molar-refractivity contribution < 1.29 is 5.11 Å². The first kappa shape index (κ1) is 13.2. The number of rotatable bonds is 3. The van der Waals surface area contributed by atoms with Gasteiger partial charge in [-0.3, -0.25) is 0 Å². The largest absolute Gasteiger partial charge is 0.392 e. The highest BCUT2D eigenvalue weighted by atomic mass is 35.5. The van der Waals surface area contributed by atoms with Gasteiger partial charge in [0.15, 0.2) is 0 Å². The van der Waals surface area contributed by atoms with Crippen molar-refractivity contribution in [1.82, 2.24) is 0 Å². The smallest absolute Gasteiger partial charge is 0.0765 e. The van der Waals surface area contributed by atoms with Crippen molar-refractivity contribution in [2.45, 2.75) is 13.5 Å². The molecule has 0 atom stereocenters. The number of aliphatic hydroxyl groups is 1. The zero-order chi connectivity index (χ0) is 13.1. The van der Waals surface area contributed by atoms with Crippen LogP contribution in [0.5, 0.6) is 0 Å². The van der Waals surface area contributed by atoms with Gasteiger partial charge < -0.3 is 10.4 Å². The van der Waals surface area contributed by atoms with E-state index in [9.17, 15) is 5.11 Å². The van der Waals surface area contributed by atoms with Crippen LogP contribution in [0.25, 0.3) is 0 Å². The van der Waals surface area contributed by atoms with Crippen molar-refractivity contribution in [3.63, 3.8) is 0 Å². The van der Waals surface area contributed by atoms with Crippen molar-refractivity contribution in [3.8, 4) is 0 Å². The third-order valence-corrected chi connectivity index (χ3v) is 3.53. The number of anilines is 2. The lowest BCUT2D eigenvalue weighted by Gasteiger charge is -2.14. The molecule has 18 heavy (non-hydrogen) atoms. The molecule has 2 nitrogen and oxygen atoms in total. The quantitative estimate of drug-likeness (QED) is 0.866. The fourth-order valence-corrected chi connectivity index (χ4v) is 2.15. The van der Waals surface area contributed by atoms with E-state index in [0.717, 1.165) is 16.8 Å². The van der Waals surface area contributed by atoms with E-state index < -0.39 is 0 Å².